The van der Waals surface area contributed by atoms with Gasteiger partial charge in [0, 0.05) is 24.6 Å². The van der Waals surface area contributed by atoms with Crippen LogP contribution in [0.15, 0.2) is 78.0 Å². The van der Waals surface area contributed by atoms with Gasteiger partial charge in [-0.1, -0.05) is 18.2 Å². The monoisotopic (exact) mass is 411 g/mol. The van der Waals surface area contributed by atoms with Crippen LogP contribution in [0.25, 0.3) is 0 Å². The van der Waals surface area contributed by atoms with E-state index in [0.29, 0.717) is 23.5 Å². The van der Waals surface area contributed by atoms with E-state index in [1.165, 1.54) is 12.1 Å². The number of aromatic nitrogens is 1. The van der Waals surface area contributed by atoms with E-state index < -0.39 is 10.0 Å². The van der Waals surface area contributed by atoms with Crippen molar-refractivity contribution in [2.45, 2.75) is 18.4 Å². The second kappa shape index (κ2) is 9.20. The van der Waals surface area contributed by atoms with Gasteiger partial charge in [0.15, 0.2) is 6.61 Å². The Morgan fingerprint density at radius 3 is 2.45 bits per heavy atom. The van der Waals surface area contributed by atoms with Gasteiger partial charge in [0.05, 0.1) is 4.90 Å². The summed E-state index contributed by atoms with van der Waals surface area (Å²) in [6.45, 7) is 1.94. The average Bonchev–Trinajstić information content (AvgIpc) is 2.72. The molecule has 2 N–H and O–H groups in total. The lowest BCUT2D eigenvalue weighted by Gasteiger charge is -2.12. The maximum atomic E-state index is 12.5. The molecule has 0 aliphatic carbocycles. The Morgan fingerprint density at radius 1 is 1.03 bits per heavy atom. The Morgan fingerprint density at radius 2 is 1.76 bits per heavy atom. The lowest BCUT2D eigenvalue weighted by Crippen LogP contribution is -2.28. The highest BCUT2D eigenvalue weighted by molar-refractivity contribution is 7.92. The van der Waals surface area contributed by atoms with Crippen LogP contribution >= 0.6 is 0 Å². The summed E-state index contributed by atoms with van der Waals surface area (Å²) in [5.41, 5.74) is 2.03. The number of ether oxygens (including phenoxy) is 1. The van der Waals surface area contributed by atoms with Crippen molar-refractivity contribution in [3.63, 3.8) is 0 Å². The predicted molar refractivity (Wildman–Crippen MR) is 110 cm³/mol. The minimum absolute atomic E-state index is 0.119. The first-order valence-corrected chi connectivity index (χ1v) is 10.4. The molecule has 0 bridgehead atoms. The number of carbonyl (C=O) groups is 1. The SMILES string of the molecule is Cc1cc(S(=O)(=O)Nc2ccccc2)ccc1OCC(=O)NCc1ccncc1. The number of nitrogens with zero attached hydrogens (tertiary/aromatic N) is 1. The van der Waals surface area contributed by atoms with E-state index in [-0.39, 0.29) is 17.4 Å². The molecular weight excluding hydrogens is 390 g/mol. The number of nitrogens with one attached hydrogen (secondary N) is 2. The van der Waals surface area contributed by atoms with Crippen LogP contribution in [0.1, 0.15) is 11.1 Å². The predicted octanol–water partition coefficient (Wildman–Crippen LogP) is 2.89. The number of pyridine rings is 1. The zero-order valence-electron chi connectivity index (χ0n) is 15.8. The molecule has 1 heterocycles. The second-order valence-corrected chi connectivity index (χ2v) is 8.00. The molecule has 0 saturated heterocycles. The Labute approximate surface area is 169 Å². The fraction of sp³-hybridized carbons (Fsp3) is 0.143. The number of rotatable bonds is 8. The molecule has 0 aliphatic rings. The van der Waals surface area contributed by atoms with Gasteiger partial charge in [-0.2, -0.15) is 0 Å². The third-order valence-corrected chi connectivity index (χ3v) is 5.46. The summed E-state index contributed by atoms with van der Waals surface area (Å²) < 4.78 is 33.1. The second-order valence-electron chi connectivity index (χ2n) is 6.32. The van der Waals surface area contributed by atoms with Crippen LogP contribution in [0.4, 0.5) is 5.69 Å². The van der Waals surface area contributed by atoms with Crippen LogP contribution in [0.5, 0.6) is 5.75 Å². The quantitative estimate of drug-likeness (QED) is 0.594. The number of aryl methyl sites for hydroxylation is 1. The summed E-state index contributed by atoms with van der Waals surface area (Å²) in [7, 11) is -3.71. The van der Waals surface area contributed by atoms with Gasteiger partial charge in [-0.15, -0.1) is 0 Å². The van der Waals surface area contributed by atoms with Crippen LogP contribution in [0, 0.1) is 6.92 Å². The summed E-state index contributed by atoms with van der Waals surface area (Å²) >= 11 is 0. The highest BCUT2D eigenvalue weighted by Crippen LogP contribution is 2.23. The van der Waals surface area contributed by atoms with Gasteiger partial charge in [-0.25, -0.2) is 8.42 Å². The number of hydrogen-bond acceptors (Lipinski definition) is 5. The third kappa shape index (κ3) is 5.79. The van der Waals surface area contributed by atoms with Gasteiger partial charge in [0.1, 0.15) is 5.75 Å². The summed E-state index contributed by atoms with van der Waals surface area (Å²) in [4.78, 5) is 16.0. The molecule has 0 spiro atoms. The molecule has 3 aromatic rings. The lowest BCUT2D eigenvalue weighted by molar-refractivity contribution is -0.123. The summed E-state index contributed by atoms with van der Waals surface area (Å²) in [5, 5.41) is 2.75. The van der Waals surface area contributed by atoms with Crippen molar-refractivity contribution in [1.29, 1.82) is 0 Å². The van der Waals surface area contributed by atoms with Crippen LogP contribution in [-0.4, -0.2) is 25.9 Å². The summed E-state index contributed by atoms with van der Waals surface area (Å²) in [6, 6.07) is 16.8. The molecule has 3 rings (SSSR count). The van der Waals surface area contributed by atoms with Crippen molar-refractivity contribution < 1.29 is 17.9 Å². The van der Waals surface area contributed by atoms with E-state index in [2.05, 4.69) is 15.0 Å². The van der Waals surface area contributed by atoms with Gasteiger partial charge in [0.25, 0.3) is 15.9 Å². The van der Waals surface area contributed by atoms with E-state index in [4.69, 9.17) is 4.74 Å². The number of anilines is 1. The first-order chi connectivity index (χ1) is 13.9. The zero-order valence-corrected chi connectivity index (χ0v) is 16.6. The highest BCUT2D eigenvalue weighted by atomic mass is 32.2. The first-order valence-electron chi connectivity index (χ1n) is 8.91. The molecule has 2 aromatic carbocycles. The van der Waals surface area contributed by atoms with Gasteiger partial charge in [0.2, 0.25) is 0 Å². The van der Waals surface area contributed by atoms with Crippen molar-refractivity contribution >= 4 is 21.6 Å². The summed E-state index contributed by atoms with van der Waals surface area (Å²) in [5.74, 6) is 0.173. The van der Waals surface area contributed by atoms with E-state index in [0.717, 1.165) is 5.56 Å². The van der Waals surface area contributed by atoms with E-state index in [1.54, 1.807) is 55.7 Å². The number of carbonyl (C=O) groups excluding carboxylic acids is 1. The number of amides is 1. The summed E-state index contributed by atoms with van der Waals surface area (Å²) in [6.07, 6.45) is 3.31. The van der Waals surface area contributed by atoms with Crippen LogP contribution < -0.4 is 14.8 Å². The molecule has 0 unspecified atom stereocenters. The van der Waals surface area contributed by atoms with E-state index in [9.17, 15) is 13.2 Å². The normalized spacial score (nSPS) is 10.9. The van der Waals surface area contributed by atoms with Crippen molar-refractivity contribution in [2.75, 3.05) is 11.3 Å². The molecule has 0 saturated carbocycles. The lowest BCUT2D eigenvalue weighted by atomic mass is 10.2. The minimum atomic E-state index is -3.71. The van der Waals surface area contributed by atoms with Crippen molar-refractivity contribution in [2.24, 2.45) is 0 Å². The standard InChI is InChI=1S/C21H21N3O4S/c1-16-13-19(29(26,27)24-18-5-3-2-4-6-18)7-8-20(16)28-15-21(25)23-14-17-9-11-22-12-10-17/h2-13,24H,14-15H2,1H3,(H,23,25). The fourth-order valence-corrected chi connectivity index (χ4v) is 3.71. The molecule has 0 radical (unpaired) electrons. The molecule has 8 heteroatoms. The highest BCUT2D eigenvalue weighted by Gasteiger charge is 2.16. The Kier molecular flexibility index (Phi) is 6.46. The Balaban J connectivity index is 1.58. The van der Waals surface area contributed by atoms with E-state index in [1.807, 2.05) is 12.1 Å². The maximum absolute atomic E-state index is 12.5. The van der Waals surface area contributed by atoms with Crippen molar-refractivity contribution in [3.8, 4) is 5.75 Å². The molecule has 150 valence electrons. The first kappa shape index (κ1) is 20.3. The molecule has 0 fully saturated rings. The van der Waals surface area contributed by atoms with Crippen molar-refractivity contribution in [3.05, 3.63) is 84.2 Å². The molecule has 0 aliphatic heterocycles. The number of para-hydroxylation sites is 1. The Hall–Kier alpha value is -3.39. The van der Waals surface area contributed by atoms with E-state index >= 15 is 0 Å². The number of benzene rings is 2. The maximum Gasteiger partial charge on any atom is 0.261 e. The zero-order chi connectivity index (χ0) is 20.7. The van der Waals surface area contributed by atoms with Gasteiger partial charge in [-0.3, -0.25) is 14.5 Å². The van der Waals surface area contributed by atoms with Crippen LogP contribution in [-0.2, 0) is 21.4 Å². The molecule has 29 heavy (non-hydrogen) atoms. The molecule has 1 aromatic heterocycles. The molecule has 7 nitrogen and oxygen atoms in total. The third-order valence-electron chi connectivity index (χ3n) is 4.08. The molecular formula is C21H21N3O4S. The number of hydrogen-bond donors (Lipinski definition) is 2. The fourth-order valence-electron chi connectivity index (χ4n) is 2.57. The molecule has 0 atom stereocenters. The van der Waals surface area contributed by atoms with Crippen LogP contribution in [0.2, 0.25) is 0 Å². The molecule has 1 amide bonds. The number of sulfonamides is 1. The van der Waals surface area contributed by atoms with Gasteiger partial charge >= 0.3 is 0 Å². The van der Waals surface area contributed by atoms with Gasteiger partial charge < -0.3 is 10.1 Å². The van der Waals surface area contributed by atoms with Crippen molar-refractivity contribution in [1.82, 2.24) is 10.3 Å². The largest absolute Gasteiger partial charge is 0.484 e. The topological polar surface area (TPSA) is 97.4 Å². The Bertz CT molecular complexity index is 1070. The minimum Gasteiger partial charge on any atom is -0.484 e. The smallest absolute Gasteiger partial charge is 0.261 e. The van der Waals surface area contributed by atoms with Gasteiger partial charge in [-0.05, 0) is 60.5 Å². The van der Waals surface area contributed by atoms with Crippen LogP contribution in [0.3, 0.4) is 0 Å². The average molecular weight is 411 g/mol.